The van der Waals surface area contributed by atoms with Crippen LogP contribution in [0.2, 0.25) is 0 Å². The number of rotatable bonds is 4. The van der Waals surface area contributed by atoms with Crippen LogP contribution in [0.25, 0.3) is 5.69 Å². The van der Waals surface area contributed by atoms with Crippen molar-refractivity contribution in [3.8, 4) is 5.69 Å². The Hall–Kier alpha value is -3.41. The first-order chi connectivity index (χ1) is 13.5. The van der Waals surface area contributed by atoms with Gasteiger partial charge in [-0.25, -0.2) is 4.68 Å². The lowest BCUT2D eigenvalue weighted by atomic mass is 10.2. The summed E-state index contributed by atoms with van der Waals surface area (Å²) in [5.41, 5.74) is 4.68. The third-order valence-corrected chi connectivity index (χ3v) is 5.02. The first-order valence-corrected chi connectivity index (χ1v) is 9.37. The molecule has 1 saturated heterocycles. The highest BCUT2D eigenvalue weighted by atomic mass is 16.2. The molecular formula is C22H22N4O2. The van der Waals surface area contributed by atoms with E-state index in [9.17, 15) is 9.59 Å². The number of carbonyl (C=O) groups excluding carboxylic acids is 2. The zero-order valence-electron chi connectivity index (χ0n) is 16.0. The van der Waals surface area contributed by atoms with Gasteiger partial charge in [0.2, 0.25) is 5.91 Å². The van der Waals surface area contributed by atoms with Gasteiger partial charge in [-0.15, -0.1) is 0 Å². The van der Waals surface area contributed by atoms with E-state index in [1.165, 1.54) is 0 Å². The molecule has 142 valence electrons. The fraction of sp³-hybridized carbons (Fsp3) is 0.227. The third-order valence-electron chi connectivity index (χ3n) is 5.02. The average molecular weight is 374 g/mol. The number of anilines is 2. The van der Waals surface area contributed by atoms with E-state index >= 15 is 0 Å². The highest BCUT2D eigenvalue weighted by Crippen LogP contribution is 2.30. The van der Waals surface area contributed by atoms with Crippen molar-refractivity contribution in [3.63, 3.8) is 0 Å². The molecule has 1 fully saturated rings. The van der Waals surface area contributed by atoms with Crippen LogP contribution in [0.1, 0.15) is 34.5 Å². The van der Waals surface area contributed by atoms with Crippen LogP contribution in [-0.4, -0.2) is 28.1 Å². The van der Waals surface area contributed by atoms with Gasteiger partial charge in [0, 0.05) is 13.0 Å². The van der Waals surface area contributed by atoms with Gasteiger partial charge < -0.3 is 10.2 Å². The molecule has 0 bridgehead atoms. The maximum Gasteiger partial charge on any atom is 0.259 e. The molecule has 6 nitrogen and oxygen atoms in total. The molecule has 1 aromatic heterocycles. The van der Waals surface area contributed by atoms with Crippen LogP contribution < -0.4 is 10.2 Å². The molecule has 3 aromatic rings. The standard InChI is InChI=1S/C22H22N4O2/c1-15-7-5-8-17(13-15)26-16(2)18(14-23-26)22(28)24-19-9-3-4-10-20(19)25-12-6-11-21(25)27/h3-5,7-10,13-14H,6,11-12H2,1-2H3,(H,24,28). The Labute approximate surface area is 163 Å². The van der Waals surface area contributed by atoms with Crippen LogP contribution >= 0.6 is 0 Å². The average Bonchev–Trinajstić information content (AvgIpc) is 3.28. The second-order valence-electron chi connectivity index (χ2n) is 7.01. The first kappa shape index (κ1) is 18.0. The summed E-state index contributed by atoms with van der Waals surface area (Å²) in [6, 6.07) is 15.4. The molecule has 1 N–H and O–H groups in total. The number of nitrogens with zero attached hydrogens (tertiary/aromatic N) is 3. The summed E-state index contributed by atoms with van der Waals surface area (Å²) in [6.07, 6.45) is 2.96. The summed E-state index contributed by atoms with van der Waals surface area (Å²) in [6.45, 7) is 4.57. The van der Waals surface area contributed by atoms with Crippen molar-refractivity contribution >= 4 is 23.2 Å². The summed E-state index contributed by atoms with van der Waals surface area (Å²) in [7, 11) is 0. The SMILES string of the molecule is Cc1cccc(-n2ncc(C(=O)Nc3ccccc3N3CCCC3=O)c2C)c1. The van der Waals surface area contributed by atoms with Gasteiger partial charge >= 0.3 is 0 Å². The van der Waals surface area contributed by atoms with Crippen LogP contribution in [0.3, 0.4) is 0 Å². The zero-order chi connectivity index (χ0) is 19.7. The molecule has 0 spiro atoms. The molecule has 1 aliphatic rings. The summed E-state index contributed by atoms with van der Waals surface area (Å²) in [4.78, 5) is 26.8. The molecule has 0 unspecified atom stereocenters. The second-order valence-corrected chi connectivity index (χ2v) is 7.01. The molecule has 2 amide bonds. The Bertz CT molecular complexity index is 1050. The van der Waals surface area contributed by atoms with Crippen LogP contribution in [0.15, 0.2) is 54.7 Å². The lowest BCUT2D eigenvalue weighted by Crippen LogP contribution is -2.25. The van der Waals surface area contributed by atoms with Crippen molar-refractivity contribution in [2.45, 2.75) is 26.7 Å². The lowest BCUT2D eigenvalue weighted by molar-refractivity contribution is -0.117. The minimum absolute atomic E-state index is 0.0881. The fourth-order valence-electron chi connectivity index (χ4n) is 3.56. The number of para-hydroxylation sites is 2. The first-order valence-electron chi connectivity index (χ1n) is 9.37. The lowest BCUT2D eigenvalue weighted by Gasteiger charge is -2.19. The molecule has 0 aliphatic carbocycles. The van der Waals surface area contributed by atoms with Gasteiger partial charge in [-0.1, -0.05) is 24.3 Å². The summed E-state index contributed by atoms with van der Waals surface area (Å²) in [5, 5.41) is 7.35. The van der Waals surface area contributed by atoms with Crippen LogP contribution in [-0.2, 0) is 4.79 Å². The molecule has 0 atom stereocenters. The number of benzene rings is 2. The summed E-state index contributed by atoms with van der Waals surface area (Å²) in [5.74, 6) is -0.152. The van der Waals surface area contributed by atoms with Crippen LogP contribution in [0, 0.1) is 13.8 Å². The van der Waals surface area contributed by atoms with E-state index in [2.05, 4.69) is 10.4 Å². The number of aromatic nitrogens is 2. The van der Waals surface area contributed by atoms with Gasteiger partial charge in [0.15, 0.2) is 0 Å². The van der Waals surface area contributed by atoms with Crippen LogP contribution in [0.5, 0.6) is 0 Å². The minimum atomic E-state index is -0.240. The molecule has 28 heavy (non-hydrogen) atoms. The molecule has 2 heterocycles. The van der Waals surface area contributed by atoms with Crippen molar-refractivity contribution in [2.75, 3.05) is 16.8 Å². The van der Waals surface area contributed by atoms with E-state index in [1.54, 1.807) is 15.8 Å². The summed E-state index contributed by atoms with van der Waals surface area (Å²) >= 11 is 0. The van der Waals surface area contributed by atoms with Crippen molar-refractivity contribution < 1.29 is 9.59 Å². The topological polar surface area (TPSA) is 67.2 Å². The van der Waals surface area contributed by atoms with Gasteiger partial charge in [0.25, 0.3) is 5.91 Å². The van der Waals surface area contributed by atoms with Gasteiger partial charge in [-0.2, -0.15) is 5.10 Å². The van der Waals surface area contributed by atoms with Crippen molar-refractivity contribution in [2.24, 2.45) is 0 Å². The molecular weight excluding hydrogens is 352 g/mol. The highest BCUT2D eigenvalue weighted by Gasteiger charge is 2.25. The van der Waals surface area contributed by atoms with Crippen molar-refractivity contribution in [3.05, 3.63) is 71.5 Å². The van der Waals surface area contributed by atoms with Gasteiger partial charge in [0.1, 0.15) is 0 Å². The maximum atomic E-state index is 12.9. The fourth-order valence-corrected chi connectivity index (χ4v) is 3.56. The number of hydrogen-bond acceptors (Lipinski definition) is 3. The zero-order valence-corrected chi connectivity index (χ0v) is 16.0. The highest BCUT2D eigenvalue weighted by molar-refractivity contribution is 6.08. The van der Waals surface area contributed by atoms with E-state index < -0.39 is 0 Å². The largest absolute Gasteiger partial charge is 0.320 e. The Morgan fingerprint density at radius 3 is 2.68 bits per heavy atom. The van der Waals surface area contributed by atoms with E-state index in [4.69, 9.17) is 0 Å². The third kappa shape index (κ3) is 3.29. The van der Waals surface area contributed by atoms with Gasteiger partial charge in [0.05, 0.1) is 34.5 Å². The molecule has 0 saturated carbocycles. The molecule has 6 heteroatoms. The predicted octanol–water partition coefficient (Wildman–Crippen LogP) is 3.87. The smallest absolute Gasteiger partial charge is 0.259 e. The van der Waals surface area contributed by atoms with Gasteiger partial charge in [-0.3, -0.25) is 9.59 Å². The quantitative estimate of drug-likeness (QED) is 0.754. The number of nitrogens with one attached hydrogen (secondary N) is 1. The molecule has 2 aromatic carbocycles. The molecule has 0 radical (unpaired) electrons. The predicted molar refractivity (Wildman–Crippen MR) is 109 cm³/mol. The van der Waals surface area contributed by atoms with E-state index in [1.807, 2.05) is 62.4 Å². The van der Waals surface area contributed by atoms with E-state index in [-0.39, 0.29) is 11.8 Å². The van der Waals surface area contributed by atoms with Gasteiger partial charge in [-0.05, 0) is 50.1 Å². The van der Waals surface area contributed by atoms with E-state index in [0.717, 1.165) is 29.1 Å². The van der Waals surface area contributed by atoms with Crippen molar-refractivity contribution in [1.82, 2.24) is 9.78 Å². The number of amides is 2. The van der Waals surface area contributed by atoms with E-state index in [0.29, 0.717) is 24.2 Å². The second kappa shape index (κ2) is 7.31. The Balaban J connectivity index is 1.61. The Morgan fingerprint density at radius 1 is 1.11 bits per heavy atom. The molecule has 1 aliphatic heterocycles. The Morgan fingerprint density at radius 2 is 1.93 bits per heavy atom. The maximum absolute atomic E-state index is 12.9. The Kier molecular flexibility index (Phi) is 4.69. The minimum Gasteiger partial charge on any atom is -0.320 e. The normalized spacial score (nSPS) is 13.8. The van der Waals surface area contributed by atoms with Crippen LogP contribution in [0.4, 0.5) is 11.4 Å². The number of hydrogen-bond donors (Lipinski definition) is 1. The number of carbonyl (C=O) groups is 2. The molecule has 4 rings (SSSR count). The number of aryl methyl sites for hydroxylation is 1. The van der Waals surface area contributed by atoms with Crippen molar-refractivity contribution in [1.29, 1.82) is 0 Å². The monoisotopic (exact) mass is 374 g/mol. The summed E-state index contributed by atoms with van der Waals surface area (Å²) < 4.78 is 1.76.